The summed E-state index contributed by atoms with van der Waals surface area (Å²) in [5.41, 5.74) is 0.813. The minimum absolute atomic E-state index is 0.00227. The second-order valence-corrected chi connectivity index (χ2v) is 4.70. The molecular formula is C15H18O4S. The van der Waals surface area contributed by atoms with Crippen LogP contribution < -0.4 is 0 Å². The number of hydrogen-bond acceptors (Lipinski definition) is 5. The van der Waals surface area contributed by atoms with Crippen LogP contribution in [0.4, 0.5) is 0 Å². The van der Waals surface area contributed by atoms with E-state index in [1.165, 1.54) is 7.11 Å². The first-order valence-electron chi connectivity index (χ1n) is 6.18. The van der Waals surface area contributed by atoms with Crippen LogP contribution in [0.2, 0.25) is 0 Å². The van der Waals surface area contributed by atoms with Gasteiger partial charge in [-0.15, -0.1) is 11.8 Å². The van der Waals surface area contributed by atoms with Crippen LogP contribution in [0.3, 0.4) is 0 Å². The van der Waals surface area contributed by atoms with Gasteiger partial charge in [-0.05, 0) is 30.9 Å². The van der Waals surface area contributed by atoms with Gasteiger partial charge in [0.25, 0.3) is 0 Å². The van der Waals surface area contributed by atoms with Gasteiger partial charge in [0, 0.05) is 11.5 Å². The van der Waals surface area contributed by atoms with Crippen molar-refractivity contribution < 1.29 is 19.1 Å². The number of benzene rings is 1. The van der Waals surface area contributed by atoms with E-state index in [0.717, 1.165) is 10.5 Å². The Kier molecular flexibility index (Phi) is 7.04. The Morgan fingerprint density at radius 3 is 2.60 bits per heavy atom. The molecule has 0 spiro atoms. The molecular weight excluding hydrogens is 276 g/mol. The number of carbonyl (C=O) groups excluding carboxylic acids is 2. The van der Waals surface area contributed by atoms with Crippen molar-refractivity contribution in [1.29, 1.82) is 0 Å². The van der Waals surface area contributed by atoms with E-state index < -0.39 is 5.97 Å². The molecule has 0 saturated carbocycles. The molecule has 1 aromatic carbocycles. The molecule has 0 unspecified atom stereocenters. The van der Waals surface area contributed by atoms with Crippen LogP contribution in [0.25, 0.3) is 6.08 Å². The van der Waals surface area contributed by atoms with Crippen molar-refractivity contribution in [3.63, 3.8) is 0 Å². The molecule has 1 aromatic rings. The van der Waals surface area contributed by atoms with E-state index in [1.54, 1.807) is 24.8 Å². The Hall–Kier alpha value is -1.59. The normalized spacial score (nSPS) is 11.2. The lowest BCUT2D eigenvalue weighted by atomic mass is 10.1. The summed E-state index contributed by atoms with van der Waals surface area (Å²) in [7, 11) is 1.25. The molecule has 0 fully saturated rings. The van der Waals surface area contributed by atoms with Crippen LogP contribution in [0, 0.1) is 0 Å². The summed E-state index contributed by atoms with van der Waals surface area (Å²) in [6.45, 7) is 2.08. The topological polar surface area (TPSA) is 52.6 Å². The van der Waals surface area contributed by atoms with E-state index >= 15 is 0 Å². The number of hydrogen-bond donors (Lipinski definition) is 0. The van der Waals surface area contributed by atoms with Gasteiger partial charge in [-0.1, -0.05) is 18.2 Å². The van der Waals surface area contributed by atoms with Gasteiger partial charge in [0.2, 0.25) is 0 Å². The van der Waals surface area contributed by atoms with Crippen LogP contribution >= 0.6 is 11.8 Å². The molecule has 0 aliphatic heterocycles. The predicted molar refractivity (Wildman–Crippen MR) is 79.7 cm³/mol. The first-order chi connectivity index (χ1) is 9.63. The molecule has 0 aliphatic rings. The van der Waals surface area contributed by atoms with Gasteiger partial charge in [-0.2, -0.15) is 0 Å². The summed E-state index contributed by atoms with van der Waals surface area (Å²) >= 11 is 1.55. The molecule has 0 amide bonds. The van der Waals surface area contributed by atoms with Crippen molar-refractivity contribution >= 4 is 29.6 Å². The number of ketones is 1. The first-order valence-corrected chi connectivity index (χ1v) is 7.40. The van der Waals surface area contributed by atoms with Crippen LogP contribution in [0.1, 0.15) is 12.5 Å². The average Bonchev–Trinajstić information content (AvgIpc) is 2.49. The lowest BCUT2D eigenvalue weighted by Gasteiger charge is -2.07. The molecule has 4 nitrogen and oxygen atoms in total. The van der Waals surface area contributed by atoms with Crippen molar-refractivity contribution in [3.8, 4) is 0 Å². The van der Waals surface area contributed by atoms with Crippen molar-refractivity contribution in [1.82, 2.24) is 0 Å². The molecule has 0 atom stereocenters. The molecule has 0 aliphatic carbocycles. The highest BCUT2D eigenvalue weighted by Crippen LogP contribution is 2.22. The van der Waals surface area contributed by atoms with Crippen LogP contribution in [0.5, 0.6) is 0 Å². The summed E-state index contributed by atoms with van der Waals surface area (Å²) in [5, 5.41) is 0. The maximum atomic E-state index is 12.0. The zero-order chi connectivity index (χ0) is 15.0. The van der Waals surface area contributed by atoms with Gasteiger partial charge in [-0.3, -0.25) is 4.79 Å². The third-order valence-corrected chi connectivity index (χ3v) is 3.39. The quantitative estimate of drug-likeness (QED) is 0.254. The second-order valence-electron chi connectivity index (χ2n) is 3.85. The molecule has 20 heavy (non-hydrogen) atoms. The summed E-state index contributed by atoms with van der Waals surface area (Å²) in [6, 6.07) is 7.54. The zero-order valence-electron chi connectivity index (χ0n) is 11.8. The second kappa shape index (κ2) is 8.55. The van der Waals surface area contributed by atoms with Gasteiger partial charge in [0.1, 0.15) is 12.2 Å². The number of esters is 1. The fraction of sp³-hybridized carbons (Fsp3) is 0.333. The smallest absolute Gasteiger partial charge is 0.341 e. The van der Waals surface area contributed by atoms with Gasteiger partial charge >= 0.3 is 5.97 Å². The Bertz CT molecular complexity index is 508. The van der Waals surface area contributed by atoms with Crippen molar-refractivity contribution in [2.75, 3.05) is 26.6 Å². The van der Waals surface area contributed by atoms with E-state index in [4.69, 9.17) is 4.74 Å². The highest BCUT2D eigenvalue weighted by Gasteiger charge is 2.19. The Morgan fingerprint density at radius 1 is 1.30 bits per heavy atom. The predicted octanol–water partition coefficient (Wildman–Crippen LogP) is 2.57. The highest BCUT2D eigenvalue weighted by molar-refractivity contribution is 7.98. The van der Waals surface area contributed by atoms with Gasteiger partial charge in [0.05, 0.1) is 7.11 Å². The third-order valence-electron chi connectivity index (χ3n) is 2.58. The van der Waals surface area contributed by atoms with Gasteiger partial charge in [0.15, 0.2) is 5.78 Å². The zero-order valence-corrected chi connectivity index (χ0v) is 12.7. The molecule has 108 valence electrons. The molecule has 5 heteroatoms. The van der Waals surface area contributed by atoms with E-state index in [2.05, 4.69) is 4.74 Å². The number of thioether (sulfide) groups is 1. The number of methoxy groups -OCH3 is 1. The maximum Gasteiger partial charge on any atom is 0.341 e. The van der Waals surface area contributed by atoms with E-state index in [-0.39, 0.29) is 18.0 Å². The molecule has 0 N–H and O–H groups in total. The summed E-state index contributed by atoms with van der Waals surface area (Å²) in [5.74, 6) is -1.03. The number of carbonyl (C=O) groups is 2. The van der Waals surface area contributed by atoms with Crippen molar-refractivity contribution in [2.45, 2.75) is 11.8 Å². The summed E-state index contributed by atoms with van der Waals surface area (Å²) in [4.78, 5) is 24.7. The fourth-order valence-electron chi connectivity index (χ4n) is 1.58. The summed E-state index contributed by atoms with van der Waals surface area (Å²) < 4.78 is 9.73. The lowest BCUT2D eigenvalue weighted by Crippen LogP contribution is -2.19. The Morgan fingerprint density at radius 2 is 2.00 bits per heavy atom. The van der Waals surface area contributed by atoms with Gasteiger partial charge in [-0.25, -0.2) is 4.79 Å². The van der Waals surface area contributed by atoms with Crippen molar-refractivity contribution in [2.24, 2.45) is 0 Å². The number of ether oxygens (including phenoxy) is 2. The first kappa shape index (κ1) is 16.5. The minimum Gasteiger partial charge on any atom is -0.465 e. The Labute approximate surface area is 123 Å². The van der Waals surface area contributed by atoms with Crippen LogP contribution in [-0.4, -0.2) is 38.3 Å². The largest absolute Gasteiger partial charge is 0.465 e. The van der Waals surface area contributed by atoms with Crippen molar-refractivity contribution in [3.05, 3.63) is 35.4 Å². The lowest BCUT2D eigenvalue weighted by molar-refractivity contribution is -0.138. The number of Topliss-reactive ketones (excluding diaryl/α,β-unsaturated/α-hetero) is 1. The van der Waals surface area contributed by atoms with E-state index in [0.29, 0.717) is 6.61 Å². The monoisotopic (exact) mass is 294 g/mol. The van der Waals surface area contributed by atoms with Crippen LogP contribution in [0.15, 0.2) is 34.7 Å². The fourth-order valence-corrected chi connectivity index (χ4v) is 2.15. The summed E-state index contributed by atoms with van der Waals surface area (Å²) in [6.07, 6.45) is 3.49. The maximum absolute atomic E-state index is 12.0. The molecule has 0 heterocycles. The standard InChI is InChI=1S/C15H18O4S/c1-4-19-10-13(16)12(15(17)18-2)9-11-7-5-6-8-14(11)20-3/h5-9H,4,10H2,1-3H3. The van der Waals surface area contributed by atoms with Crippen LogP contribution in [-0.2, 0) is 19.1 Å². The Balaban J connectivity index is 3.12. The van der Waals surface area contributed by atoms with E-state index in [1.807, 2.05) is 30.5 Å². The van der Waals surface area contributed by atoms with E-state index in [9.17, 15) is 9.59 Å². The molecule has 0 bridgehead atoms. The average molecular weight is 294 g/mol. The molecule has 0 radical (unpaired) electrons. The SMILES string of the molecule is CCOCC(=O)C(=Cc1ccccc1SC)C(=O)OC. The molecule has 0 aromatic heterocycles. The molecule has 0 saturated heterocycles. The third kappa shape index (κ3) is 4.51. The number of rotatable bonds is 7. The highest BCUT2D eigenvalue weighted by atomic mass is 32.2. The molecule has 1 rings (SSSR count). The van der Waals surface area contributed by atoms with Gasteiger partial charge < -0.3 is 9.47 Å². The minimum atomic E-state index is -0.648.